The molecule has 118 valence electrons. The maximum atomic E-state index is 12.1. The quantitative estimate of drug-likeness (QED) is 0.580. The molecule has 4 aliphatic carbocycles. The average Bonchev–Trinajstić information content (AvgIpc) is 2.22. The largest absolute Gasteiger partial charge is 0.456 e. The van der Waals surface area contributed by atoms with E-state index in [0.29, 0.717) is 5.57 Å². The van der Waals surface area contributed by atoms with Gasteiger partial charge in [0.2, 0.25) is 0 Å². The van der Waals surface area contributed by atoms with Crippen LogP contribution in [0.15, 0.2) is 12.2 Å². The fourth-order valence-electron chi connectivity index (χ4n) is 6.33. The van der Waals surface area contributed by atoms with Crippen LogP contribution >= 0.6 is 0 Å². The van der Waals surface area contributed by atoms with E-state index in [9.17, 15) is 4.79 Å². The molecule has 4 bridgehead atoms. The first-order valence-corrected chi connectivity index (χ1v) is 8.16. The third-order valence-electron chi connectivity index (χ3n) is 5.60. The van der Waals surface area contributed by atoms with Crippen molar-refractivity contribution < 1.29 is 14.3 Å². The highest BCUT2D eigenvalue weighted by molar-refractivity contribution is 5.87. The minimum absolute atomic E-state index is 0.0949. The zero-order valence-corrected chi connectivity index (χ0v) is 13.9. The summed E-state index contributed by atoms with van der Waals surface area (Å²) in [5, 5.41) is 0. The fourth-order valence-corrected chi connectivity index (χ4v) is 6.33. The third-order valence-corrected chi connectivity index (χ3v) is 5.60. The Kier molecular flexibility index (Phi) is 3.12. The number of esters is 1. The van der Waals surface area contributed by atoms with Gasteiger partial charge in [0.25, 0.3) is 0 Å². The van der Waals surface area contributed by atoms with Crippen molar-refractivity contribution in [1.82, 2.24) is 0 Å². The zero-order valence-electron chi connectivity index (χ0n) is 13.9. The molecule has 4 saturated carbocycles. The number of ether oxygens (including phenoxy) is 2. The number of hydrogen-bond acceptors (Lipinski definition) is 3. The van der Waals surface area contributed by atoms with Gasteiger partial charge in [0.1, 0.15) is 5.60 Å². The highest BCUT2D eigenvalue weighted by atomic mass is 16.6. The van der Waals surface area contributed by atoms with Crippen LogP contribution in [0.25, 0.3) is 0 Å². The van der Waals surface area contributed by atoms with Gasteiger partial charge in [-0.25, -0.2) is 4.79 Å². The molecule has 0 heterocycles. The summed E-state index contributed by atoms with van der Waals surface area (Å²) in [7, 11) is 0. The van der Waals surface area contributed by atoms with E-state index in [1.54, 1.807) is 6.92 Å². The summed E-state index contributed by atoms with van der Waals surface area (Å²) in [5.74, 6) is -0.240. The molecule has 4 rings (SSSR count). The van der Waals surface area contributed by atoms with Crippen molar-refractivity contribution in [2.75, 3.05) is 6.61 Å². The lowest BCUT2D eigenvalue weighted by atomic mass is 9.42. The van der Waals surface area contributed by atoms with E-state index in [1.165, 1.54) is 6.42 Å². The molecule has 0 aromatic carbocycles. The maximum absolute atomic E-state index is 12.1. The predicted molar refractivity (Wildman–Crippen MR) is 81.9 cm³/mol. The van der Waals surface area contributed by atoms with E-state index in [0.717, 1.165) is 38.7 Å². The first kappa shape index (κ1) is 15.1. The van der Waals surface area contributed by atoms with Crippen LogP contribution < -0.4 is 0 Å². The summed E-state index contributed by atoms with van der Waals surface area (Å²) in [6.45, 7) is 13.0. The molecule has 3 nitrogen and oxygen atoms in total. The Morgan fingerprint density at radius 1 is 1.00 bits per heavy atom. The third kappa shape index (κ3) is 2.44. The summed E-state index contributed by atoms with van der Waals surface area (Å²) in [4.78, 5) is 12.1. The van der Waals surface area contributed by atoms with Crippen molar-refractivity contribution in [3.05, 3.63) is 12.2 Å². The van der Waals surface area contributed by atoms with Gasteiger partial charge < -0.3 is 9.47 Å². The van der Waals surface area contributed by atoms with Crippen LogP contribution in [0.5, 0.6) is 0 Å². The second-order valence-corrected chi connectivity index (χ2v) is 8.65. The molecule has 21 heavy (non-hydrogen) atoms. The Bertz CT molecular complexity index is 475. The monoisotopic (exact) mass is 292 g/mol. The fraction of sp³-hybridized carbons (Fsp3) is 0.833. The minimum Gasteiger partial charge on any atom is -0.456 e. The molecule has 0 radical (unpaired) electrons. The van der Waals surface area contributed by atoms with Gasteiger partial charge in [-0.2, -0.15) is 0 Å². The molecule has 0 aromatic rings. The molecule has 0 saturated heterocycles. The van der Waals surface area contributed by atoms with E-state index in [2.05, 4.69) is 27.4 Å². The molecule has 4 aliphatic rings. The average molecular weight is 292 g/mol. The molecule has 2 unspecified atom stereocenters. The number of carbonyl (C=O) groups excluding carboxylic acids is 1. The highest BCUT2D eigenvalue weighted by Gasteiger charge is 2.67. The molecular formula is C18H28O3. The van der Waals surface area contributed by atoms with Crippen molar-refractivity contribution in [2.24, 2.45) is 10.8 Å². The Hall–Kier alpha value is -0.830. The summed E-state index contributed by atoms with van der Waals surface area (Å²) >= 11 is 0. The summed E-state index contributed by atoms with van der Waals surface area (Å²) in [6, 6.07) is 0. The van der Waals surface area contributed by atoms with Gasteiger partial charge in [-0.3, -0.25) is 0 Å². The van der Waals surface area contributed by atoms with Crippen LogP contribution in [0.3, 0.4) is 0 Å². The Balaban J connectivity index is 1.95. The second kappa shape index (κ2) is 4.34. The van der Waals surface area contributed by atoms with Crippen LogP contribution in [0, 0.1) is 10.8 Å². The lowest BCUT2D eigenvalue weighted by Gasteiger charge is -2.68. The van der Waals surface area contributed by atoms with Crippen molar-refractivity contribution >= 4 is 5.97 Å². The molecule has 0 amide bonds. The summed E-state index contributed by atoms with van der Waals surface area (Å²) < 4.78 is 12.2. The smallest absolute Gasteiger partial charge is 0.333 e. The standard InChI is InChI=1S/C18H28O3/c1-6-20-17-8-15(4)7-16(5,9-17)11-18(10-15,12-17)21-14(19)13(2)3/h2,6-12H2,1,3-5H3. The zero-order chi connectivity index (χ0) is 15.5. The van der Waals surface area contributed by atoms with Gasteiger partial charge in [0.05, 0.1) is 5.60 Å². The Labute approximate surface area is 128 Å². The van der Waals surface area contributed by atoms with E-state index >= 15 is 0 Å². The topological polar surface area (TPSA) is 35.5 Å². The Morgan fingerprint density at radius 3 is 2.00 bits per heavy atom. The number of carbonyl (C=O) groups is 1. The Morgan fingerprint density at radius 2 is 1.52 bits per heavy atom. The predicted octanol–water partition coefficient (Wildman–Crippen LogP) is 4.01. The van der Waals surface area contributed by atoms with E-state index in [4.69, 9.17) is 9.47 Å². The van der Waals surface area contributed by atoms with Crippen LogP contribution in [0.2, 0.25) is 0 Å². The minimum atomic E-state index is -0.344. The van der Waals surface area contributed by atoms with Gasteiger partial charge >= 0.3 is 5.97 Å². The molecule has 0 aliphatic heterocycles. The van der Waals surface area contributed by atoms with Crippen LogP contribution in [-0.2, 0) is 14.3 Å². The molecular weight excluding hydrogens is 264 g/mol. The maximum Gasteiger partial charge on any atom is 0.333 e. The molecule has 0 aromatic heterocycles. The lowest BCUT2D eigenvalue weighted by Crippen LogP contribution is -2.67. The first-order chi connectivity index (χ1) is 9.63. The number of hydrogen-bond donors (Lipinski definition) is 0. The normalized spacial score (nSPS) is 47.4. The van der Waals surface area contributed by atoms with Gasteiger partial charge in [0, 0.05) is 18.6 Å². The molecule has 4 fully saturated rings. The van der Waals surface area contributed by atoms with E-state index < -0.39 is 0 Å². The molecule has 0 N–H and O–H groups in total. The molecule has 0 spiro atoms. The van der Waals surface area contributed by atoms with Gasteiger partial charge in [-0.15, -0.1) is 0 Å². The van der Waals surface area contributed by atoms with Crippen molar-refractivity contribution in [1.29, 1.82) is 0 Å². The van der Waals surface area contributed by atoms with Crippen LogP contribution in [0.4, 0.5) is 0 Å². The first-order valence-electron chi connectivity index (χ1n) is 8.16. The van der Waals surface area contributed by atoms with Gasteiger partial charge in [-0.1, -0.05) is 20.4 Å². The number of rotatable bonds is 4. The van der Waals surface area contributed by atoms with E-state index in [-0.39, 0.29) is 28.0 Å². The lowest BCUT2D eigenvalue weighted by molar-refractivity contribution is -0.271. The van der Waals surface area contributed by atoms with Gasteiger partial charge in [0.15, 0.2) is 0 Å². The van der Waals surface area contributed by atoms with Crippen molar-refractivity contribution in [2.45, 2.75) is 77.4 Å². The second-order valence-electron chi connectivity index (χ2n) is 8.65. The SMILES string of the molecule is C=C(C)C(=O)OC12CC3(C)CC(C)(CC(OCC)(C3)C1)C2. The van der Waals surface area contributed by atoms with Crippen molar-refractivity contribution in [3.63, 3.8) is 0 Å². The van der Waals surface area contributed by atoms with Crippen molar-refractivity contribution in [3.8, 4) is 0 Å². The molecule has 3 heteroatoms. The van der Waals surface area contributed by atoms with Gasteiger partial charge in [-0.05, 0) is 56.8 Å². The highest BCUT2D eigenvalue weighted by Crippen LogP contribution is 2.69. The van der Waals surface area contributed by atoms with E-state index in [1.807, 2.05) is 0 Å². The molecule has 2 atom stereocenters. The van der Waals surface area contributed by atoms with Crippen LogP contribution in [-0.4, -0.2) is 23.8 Å². The summed E-state index contributed by atoms with van der Waals surface area (Å²) in [5.41, 5.74) is 0.514. The summed E-state index contributed by atoms with van der Waals surface area (Å²) in [6.07, 6.45) is 6.25. The van der Waals surface area contributed by atoms with Crippen LogP contribution in [0.1, 0.15) is 66.2 Å².